The summed E-state index contributed by atoms with van der Waals surface area (Å²) >= 11 is 5.73. The molecule has 0 heterocycles. The molecule has 5 heteroatoms. The van der Waals surface area contributed by atoms with E-state index in [0.29, 0.717) is 5.56 Å². The third-order valence-corrected chi connectivity index (χ3v) is 2.01. The highest BCUT2D eigenvalue weighted by Crippen LogP contribution is 2.31. The highest BCUT2D eigenvalue weighted by Gasteiger charge is 2.16. The van der Waals surface area contributed by atoms with Crippen molar-refractivity contribution in [3.05, 3.63) is 32.8 Å². The van der Waals surface area contributed by atoms with Crippen LogP contribution in [0.2, 0.25) is 5.02 Å². The second-order valence-electron chi connectivity index (χ2n) is 2.63. The maximum atomic E-state index is 10.5. The predicted octanol–water partition coefficient (Wildman–Crippen LogP) is 2.60. The Hall–Kier alpha value is -1.29. The van der Waals surface area contributed by atoms with Gasteiger partial charge in [-0.15, -0.1) is 0 Å². The summed E-state index contributed by atoms with van der Waals surface area (Å²) in [5, 5.41) is 13.6. The molecular formula is C8H9ClN2O2. The molecule has 0 aliphatic carbocycles. The van der Waals surface area contributed by atoms with Crippen LogP contribution in [0.4, 0.5) is 11.4 Å². The maximum absolute atomic E-state index is 10.5. The fourth-order valence-electron chi connectivity index (χ4n) is 1.11. The van der Waals surface area contributed by atoms with Crippen molar-refractivity contribution < 1.29 is 4.92 Å². The Morgan fingerprint density at radius 2 is 2.15 bits per heavy atom. The molecule has 1 aromatic rings. The van der Waals surface area contributed by atoms with Gasteiger partial charge in [-0.3, -0.25) is 10.1 Å². The summed E-state index contributed by atoms with van der Waals surface area (Å²) in [6.45, 7) is 1.66. The number of nitrogens with one attached hydrogen (secondary N) is 1. The van der Waals surface area contributed by atoms with E-state index in [1.165, 1.54) is 6.07 Å². The molecule has 0 unspecified atom stereocenters. The van der Waals surface area contributed by atoms with E-state index in [0.717, 1.165) is 5.69 Å². The number of nitro benzene ring substituents is 1. The summed E-state index contributed by atoms with van der Waals surface area (Å²) in [6, 6.07) is 3.22. The summed E-state index contributed by atoms with van der Waals surface area (Å²) in [6.07, 6.45) is 0. The summed E-state index contributed by atoms with van der Waals surface area (Å²) in [7, 11) is 1.73. The number of rotatable bonds is 2. The standard InChI is InChI=1S/C8H9ClN2O2/c1-5-3-6(10-2)4-7(9)8(5)11(12)13/h3-4,10H,1-2H3. The van der Waals surface area contributed by atoms with Gasteiger partial charge in [0.2, 0.25) is 0 Å². The van der Waals surface area contributed by atoms with Crippen molar-refractivity contribution in [1.82, 2.24) is 0 Å². The highest BCUT2D eigenvalue weighted by molar-refractivity contribution is 6.33. The predicted molar refractivity (Wildman–Crippen MR) is 52.4 cm³/mol. The summed E-state index contributed by atoms with van der Waals surface area (Å²) in [5.41, 5.74) is 1.30. The zero-order valence-electron chi connectivity index (χ0n) is 7.30. The van der Waals surface area contributed by atoms with Crippen LogP contribution in [0.1, 0.15) is 5.56 Å². The van der Waals surface area contributed by atoms with Crippen molar-refractivity contribution in [2.45, 2.75) is 6.92 Å². The molecule has 1 rings (SSSR count). The molecule has 13 heavy (non-hydrogen) atoms. The minimum Gasteiger partial charge on any atom is -0.388 e. The van der Waals surface area contributed by atoms with Crippen LogP contribution in [0.3, 0.4) is 0 Å². The third kappa shape index (κ3) is 1.89. The molecule has 0 spiro atoms. The van der Waals surface area contributed by atoms with E-state index >= 15 is 0 Å². The average molecular weight is 201 g/mol. The maximum Gasteiger partial charge on any atom is 0.290 e. The molecule has 0 bridgehead atoms. The van der Waals surface area contributed by atoms with E-state index in [1.54, 1.807) is 20.0 Å². The molecule has 70 valence electrons. The van der Waals surface area contributed by atoms with Gasteiger partial charge in [0.05, 0.1) is 4.92 Å². The quantitative estimate of drug-likeness (QED) is 0.590. The second-order valence-corrected chi connectivity index (χ2v) is 3.04. The molecule has 0 saturated heterocycles. The van der Waals surface area contributed by atoms with Crippen LogP contribution in [0, 0.1) is 17.0 Å². The number of hydrogen-bond acceptors (Lipinski definition) is 3. The Balaban J connectivity index is 3.31. The normalized spacial score (nSPS) is 9.77. The zero-order chi connectivity index (χ0) is 10.0. The minimum atomic E-state index is -0.475. The van der Waals surface area contributed by atoms with Crippen molar-refractivity contribution in [1.29, 1.82) is 0 Å². The number of hydrogen-bond donors (Lipinski definition) is 1. The second kappa shape index (κ2) is 3.62. The van der Waals surface area contributed by atoms with Crippen LogP contribution in [0.15, 0.2) is 12.1 Å². The van der Waals surface area contributed by atoms with Gasteiger partial charge in [-0.2, -0.15) is 0 Å². The van der Waals surface area contributed by atoms with Crippen molar-refractivity contribution in [3.63, 3.8) is 0 Å². The van der Waals surface area contributed by atoms with Gasteiger partial charge in [-0.1, -0.05) is 11.6 Å². The van der Waals surface area contributed by atoms with Gasteiger partial charge in [0.25, 0.3) is 5.69 Å². The third-order valence-electron chi connectivity index (χ3n) is 1.73. The smallest absolute Gasteiger partial charge is 0.290 e. The molecule has 0 aliphatic heterocycles. The first kappa shape index (κ1) is 9.80. The number of aryl methyl sites for hydroxylation is 1. The lowest BCUT2D eigenvalue weighted by Crippen LogP contribution is -1.95. The summed E-state index contributed by atoms with van der Waals surface area (Å²) < 4.78 is 0. The van der Waals surface area contributed by atoms with Gasteiger partial charge in [-0.25, -0.2) is 0 Å². The van der Waals surface area contributed by atoms with E-state index < -0.39 is 4.92 Å². The fourth-order valence-corrected chi connectivity index (χ4v) is 1.45. The lowest BCUT2D eigenvalue weighted by Gasteiger charge is -2.03. The van der Waals surface area contributed by atoms with Crippen molar-refractivity contribution in [2.24, 2.45) is 0 Å². The molecule has 0 radical (unpaired) electrons. The molecule has 0 amide bonds. The van der Waals surface area contributed by atoms with E-state index in [-0.39, 0.29) is 10.7 Å². The van der Waals surface area contributed by atoms with Crippen LogP contribution < -0.4 is 5.32 Å². The molecule has 0 aromatic heterocycles. The lowest BCUT2D eigenvalue weighted by atomic mass is 10.2. The largest absolute Gasteiger partial charge is 0.388 e. The molecule has 1 aromatic carbocycles. The Bertz CT molecular complexity index is 329. The number of nitro groups is 1. The van der Waals surface area contributed by atoms with Crippen molar-refractivity contribution in [3.8, 4) is 0 Å². The minimum absolute atomic E-state index is 0.0272. The Kier molecular flexibility index (Phi) is 2.72. The van der Waals surface area contributed by atoms with Gasteiger partial charge < -0.3 is 5.32 Å². The van der Waals surface area contributed by atoms with E-state index in [9.17, 15) is 10.1 Å². The number of anilines is 1. The first-order chi connectivity index (χ1) is 6.06. The Morgan fingerprint density at radius 1 is 1.54 bits per heavy atom. The van der Waals surface area contributed by atoms with E-state index in [1.807, 2.05) is 0 Å². The van der Waals surface area contributed by atoms with Crippen LogP contribution in [-0.2, 0) is 0 Å². The molecule has 4 nitrogen and oxygen atoms in total. The average Bonchev–Trinajstić information content (AvgIpc) is 2.02. The van der Waals surface area contributed by atoms with Crippen LogP contribution in [0.5, 0.6) is 0 Å². The van der Waals surface area contributed by atoms with Gasteiger partial charge in [-0.05, 0) is 19.1 Å². The SMILES string of the molecule is CNc1cc(C)c([N+](=O)[O-])c(Cl)c1. The monoisotopic (exact) mass is 200 g/mol. The fraction of sp³-hybridized carbons (Fsp3) is 0.250. The molecule has 1 N–H and O–H groups in total. The topological polar surface area (TPSA) is 55.2 Å². The van der Waals surface area contributed by atoms with Crippen LogP contribution >= 0.6 is 11.6 Å². The number of benzene rings is 1. The van der Waals surface area contributed by atoms with Gasteiger partial charge in [0, 0.05) is 18.3 Å². The Morgan fingerprint density at radius 3 is 2.54 bits per heavy atom. The number of nitrogens with zero attached hydrogens (tertiary/aromatic N) is 1. The van der Waals surface area contributed by atoms with Gasteiger partial charge in [0.15, 0.2) is 0 Å². The van der Waals surface area contributed by atoms with Crippen molar-refractivity contribution in [2.75, 3.05) is 12.4 Å². The summed E-state index contributed by atoms with van der Waals surface area (Å²) in [5.74, 6) is 0. The van der Waals surface area contributed by atoms with E-state index in [4.69, 9.17) is 11.6 Å². The molecule has 0 aliphatic rings. The van der Waals surface area contributed by atoms with Gasteiger partial charge in [0.1, 0.15) is 5.02 Å². The van der Waals surface area contributed by atoms with E-state index in [2.05, 4.69) is 5.32 Å². The number of halogens is 1. The van der Waals surface area contributed by atoms with Crippen LogP contribution in [-0.4, -0.2) is 12.0 Å². The molecule has 0 atom stereocenters. The lowest BCUT2D eigenvalue weighted by molar-refractivity contribution is -0.385. The first-order valence-corrected chi connectivity index (χ1v) is 4.06. The molecular weight excluding hydrogens is 192 g/mol. The first-order valence-electron chi connectivity index (χ1n) is 3.68. The highest BCUT2D eigenvalue weighted by atomic mass is 35.5. The molecule has 0 fully saturated rings. The van der Waals surface area contributed by atoms with Crippen LogP contribution in [0.25, 0.3) is 0 Å². The van der Waals surface area contributed by atoms with Gasteiger partial charge >= 0.3 is 0 Å². The molecule has 0 saturated carbocycles. The van der Waals surface area contributed by atoms with Crippen molar-refractivity contribution >= 4 is 23.0 Å². The zero-order valence-corrected chi connectivity index (χ0v) is 8.05. The summed E-state index contributed by atoms with van der Waals surface area (Å²) in [4.78, 5) is 10.1. The Labute approximate surface area is 80.7 Å².